The van der Waals surface area contributed by atoms with E-state index in [2.05, 4.69) is 6.92 Å². The van der Waals surface area contributed by atoms with Gasteiger partial charge >= 0.3 is 5.97 Å². The predicted octanol–water partition coefficient (Wildman–Crippen LogP) is 4.30. The molecule has 6 heteroatoms. The maximum absolute atomic E-state index is 13.2. The highest BCUT2D eigenvalue weighted by Crippen LogP contribution is 2.38. The molecule has 3 atom stereocenters. The molecule has 1 aliphatic carbocycles. The molecule has 2 aliphatic rings. The molecule has 1 aromatic rings. The molecule has 5 nitrogen and oxygen atoms in total. The largest absolute Gasteiger partial charge is 0.481 e. The standard InChI is InChI=1S/C21H28ClNO4/c1-2-18(13-27-12-14-3-4-14)23-19(15-5-8-17(22)9-6-15)10-7-16(21(23)26)11-20(24)25/h5-6,8-9,14,16,18-19H,2-4,7,10-13H2,1H3,(H,24,25)/t16?,18?,19-/m0/s1. The summed E-state index contributed by atoms with van der Waals surface area (Å²) < 4.78 is 5.90. The van der Waals surface area contributed by atoms with Gasteiger partial charge in [-0.3, -0.25) is 9.59 Å². The van der Waals surface area contributed by atoms with Crippen molar-refractivity contribution in [3.63, 3.8) is 0 Å². The SMILES string of the molecule is CCC(COCC1CC1)N1C(=O)C(CC(=O)O)CC[C@H]1c1ccc(Cl)cc1. The normalized spacial score (nSPS) is 24.1. The molecule has 1 saturated heterocycles. The molecule has 0 spiro atoms. The van der Waals surface area contributed by atoms with E-state index in [0.29, 0.717) is 24.0 Å². The average Bonchev–Trinajstić information content (AvgIpc) is 3.46. The van der Waals surface area contributed by atoms with Crippen LogP contribution in [0.1, 0.15) is 57.1 Å². The Balaban J connectivity index is 1.79. The molecule has 0 radical (unpaired) electrons. The summed E-state index contributed by atoms with van der Waals surface area (Å²) in [4.78, 5) is 26.3. The van der Waals surface area contributed by atoms with Gasteiger partial charge in [-0.25, -0.2) is 0 Å². The molecule has 2 fully saturated rings. The van der Waals surface area contributed by atoms with Gasteiger partial charge in [-0.2, -0.15) is 0 Å². The van der Waals surface area contributed by atoms with Crippen LogP contribution in [0.15, 0.2) is 24.3 Å². The molecule has 2 unspecified atom stereocenters. The van der Waals surface area contributed by atoms with Crippen molar-refractivity contribution < 1.29 is 19.4 Å². The number of hydrogen-bond acceptors (Lipinski definition) is 3. The maximum atomic E-state index is 13.2. The van der Waals surface area contributed by atoms with E-state index in [1.165, 1.54) is 12.8 Å². The zero-order valence-electron chi connectivity index (χ0n) is 15.8. The van der Waals surface area contributed by atoms with E-state index in [9.17, 15) is 14.7 Å². The lowest BCUT2D eigenvalue weighted by Crippen LogP contribution is -2.50. The van der Waals surface area contributed by atoms with Gasteiger partial charge in [-0.15, -0.1) is 0 Å². The van der Waals surface area contributed by atoms with Gasteiger partial charge in [0, 0.05) is 17.5 Å². The Morgan fingerprint density at radius 1 is 1.26 bits per heavy atom. The Morgan fingerprint density at radius 2 is 1.96 bits per heavy atom. The number of likely N-dealkylation sites (tertiary alicyclic amines) is 1. The smallest absolute Gasteiger partial charge is 0.304 e. The van der Waals surface area contributed by atoms with Gasteiger partial charge < -0.3 is 14.7 Å². The molecular weight excluding hydrogens is 366 g/mol. The van der Waals surface area contributed by atoms with Crippen molar-refractivity contribution in [1.82, 2.24) is 4.90 Å². The van der Waals surface area contributed by atoms with Crippen molar-refractivity contribution in [2.24, 2.45) is 11.8 Å². The molecule has 0 aromatic heterocycles. The fourth-order valence-corrected chi connectivity index (χ4v) is 4.01. The minimum atomic E-state index is -0.920. The summed E-state index contributed by atoms with van der Waals surface area (Å²) in [5.74, 6) is -0.767. The topological polar surface area (TPSA) is 66.8 Å². The molecule has 3 rings (SSSR count). The van der Waals surface area contributed by atoms with Crippen molar-refractivity contribution in [3.05, 3.63) is 34.9 Å². The lowest BCUT2D eigenvalue weighted by molar-refractivity contribution is -0.152. The number of carbonyl (C=O) groups is 2. The van der Waals surface area contributed by atoms with Crippen LogP contribution in [0.2, 0.25) is 5.02 Å². The van der Waals surface area contributed by atoms with E-state index >= 15 is 0 Å². The number of carbonyl (C=O) groups excluding carboxylic acids is 1. The molecule has 1 aliphatic heterocycles. The molecular formula is C21H28ClNO4. The third-order valence-electron chi connectivity index (χ3n) is 5.63. The Kier molecular flexibility index (Phi) is 6.77. The van der Waals surface area contributed by atoms with E-state index in [-0.39, 0.29) is 24.4 Å². The number of ether oxygens (including phenoxy) is 1. The van der Waals surface area contributed by atoms with Gasteiger partial charge in [0.25, 0.3) is 0 Å². The minimum absolute atomic E-state index is 0.0477. The second-order valence-corrected chi connectivity index (χ2v) is 8.16. The number of carboxylic acid groups (broad SMARTS) is 1. The lowest BCUT2D eigenvalue weighted by atomic mass is 9.85. The predicted molar refractivity (Wildman–Crippen MR) is 104 cm³/mol. The number of benzene rings is 1. The van der Waals surface area contributed by atoms with Crippen molar-refractivity contribution in [3.8, 4) is 0 Å². The van der Waals surface area contributed by atoms with Crippen LogP contribution < -0.4 is 0 Å². The van der Waals surface area contributed by atoms with E-state index in [1.807, 2.05) is 29.2 Å². The molecule has 1 saturated carbocycles. The summed E-state index contributed by atoms with van der Waals surface area (Å²) in [6, 6.07) is 7.49. The molecule has 1 aromatic carbocycles. The number of piperidine rings is 1. The van der Waals surface area contributed by atoms with E-state index in [4.69, 9.17) is 16.3 Å². The van der Waals surface area contributed by atoms with E-state index < -0.39 is 11.9 Å². The first-order valence-corrected chi connectivity index (χ1v) is 10.2. The number of amides is 1. The van der Waals surface area contributed by atoms with Gasteiger partial charge in [0.05, 0.1) is 25.1 Å². The highest BCUT2D eigenvalue weighted by atomic mass is 35.5. The van der Waals surface area contributed by atoms with Crippen LogP contribution in [0, 0.1) is 11.8 Å². The first-order chi connectivity index (χ1) is 13.0. The zero-order chi connectivity index (χ0) is 19.4. The summed E-state index contributed by atoms with van der Waals surface area (Å²) in [6.07, 6.45) is 4.47. The summed E-state index contributed by atoms with van der Waals surface area (Å²) in [5, 5.41) is 9.84. The fourth-order valence-electron chi connectivity index (χ4n) is 3.88. The summed E-state index contributed by atoms with van der Waals surface area (Å²) in [6.45, 7) is 3.31. The highest BCUT2D eigenvalue weighted by molar-refractivity contribution is 6.30. The third kappa shape index (κ3) is 5.23. The molecule has 27 heavy (non-hydrogen) atoms. The molecule has 1 heterocycles. The minimum Gasteiger partial charge on any atom is -0.481 e. The van der Waals surface area contributed by atoms with Crippen molar-refractivity contribution in [2.75, 3.05) is 13.2 Å². The number of hydrogen-bond donors (Lipinski definition) is 1. The van der Waals surface area contributed by atoms with Crippen LogP contribution in [0.5, 0.6) is 0 Å². The number of carboxylic acids is 1. The number of nitrogens with zero attached hydrogens (tertiary/aromatic N) is 1. The summed E-state index contributed by atoms with van der Waals surface area (Å²) >= 11 is 6.02. The van der Waals surface area contributed by atoms with Gasteiger partial charge in [0.1, 0.15) is 0 Å². The van der Waals surface area contributed by atoms with Crippen molar-refractivity contribution in [1.29, 1.82) is 0 Å². The number of halogens is 1. The molecule has 1 amide bonds. The van der Waals surface area contributed by atoms with Crippen LogP contribution in [0.3, 0.4) is 0 Å². The van der Waals surface area contributed by atoms with Crippen LogP contribution in [0.4, 0.5) is 0 Å². The van der Waals surface area contributed by atoms with Crippen molar-refractivity contribution >= 4 is 23.5 Å². The maximum Gasteiger partial charge on any atom is 0.304 e. The third-order valence-corrected chi connectivity index (χ3v) is 5.88. The Labute approximate surface area is 165 Å². The lowest BCUT2D eigenvalue weighted by Gasteiger charge is -2.44. The molecule has 0 bridgehead atoms. The quantitative estimate of drug-likeness (QED) is 0.679. The molecule has 1 N–H and O–H groups in total. The first-order valence-electron chi connectivity index (χ1n) is 9.86. The first kappa shape index (κ1) is 20.2. The monoisotopic (exact) mass is 393 g/mol. The van der Waals surface area contributed by atoms with Crippen LogP contribution in [-0.2, 0) is 14.3 Å². The van der Waals surface area contributed by atoms with E-state index in [1.54, 1.807) is 0 Å². The number of rotatable bonds is 9. The second kappa shape index (κ2) is 9.07. The molecule has 148 valence electrons. The number of aliphatic carboxylic acids is 1. The van der Waals surface area contributed by atoms with Crippen LogP contribution in [-0.4, -0.2) is 41.1 Å². The fraction of sp³-hybridized carbons (Fsp3) is 0.619. The Bertz CT molecular complexity index is 659. The van der Waals surface area contributed by atoms with Gasteiger partial charge in [-0.1, -0.05) is 30.7 Å². The van der Waals surface area contributed by atoms with Gasteiger partial charge in [0.2, 0.25) is 5.91 Å². The highest BCUT2D eigenvalue weighted by Gasteiger charge is 2.40. The van der Waals surface area contributed by atoms with E-state index in [0.717, 1.165) is 25.0 Å². The summed E-state index contributed by atoms with van der Waals surface area (Å²) in [7, 11) is 0. The zero-order valence-corrected chi connectivity index (χ0v) is 16.5. The van der Waals surface area contributed by atoms with Gasteiger partial charge in [0.15, 0.2) is 0 Å². The average molecular weight is 394 g/mol. The van der Waals surface area contributed by atoms with Crippen molar-refractivity contribution in [2.45, 2.75) is 57.5 Å². The Morgan fingerprint density at radius 3 is 2.56 bits per heavy atom. The van der Waals surface area contributed by atoms with Gasteiger partial charge in [-0.05, 0) is 55.7 Å². The van der Waals surface area contributed by atoms with Crippen LogP contribution in [0.25, 0.3) is 0 Å². The second-order valence-electron chi connectivity index (χ2n) is 7.73. The summed E-state index contributed by atoms with van der Waals surface area (Å²) in [5.41, 5.74) is 1.04. The Hall–Kier alpha value is -1.59. The van der Waals surface area contributed by atoms with Crippen LogP contribution >= 0.6 is 11.6 Å².